The van der Waals surface area contributed by atoms with Crippen molar-refractivity contribution < 1.29 is 4.79 Å². The highest BCUT2D eigenvalue weighted by atomic mass is 35.5. The zero-order valence-electron chi connectivity index (χ0n) is 12.6. The van der Waals surface area contributed by atoms with Crippen LogP contribution in [0.25, 0.3) is 10.9 Å². The highest BCUT2D eigenvalue weighted by Crippen LogP contribution is 2.23. The Balaban J connectivity index is 1.43. The average molecular weight is 329 g/mol. The monoisotopic (exact) mass is 328 g/mol. The predicted octanol–water partition coefficient (Wildman–Crippen LogP) is 2.94. The number of amides is 1. The van der Waals surface area contributed by atoms with Gasteiger partial charge >= 0.3 is 0 Å². The van der Waals surface area contributed by atoms with Gasteiger partial charge < -0.3 is 9.88 Å². The maximum Gasteiger partial charge on any atom is 0.272 e. The summed E-state index contributed by atoms with van der Waals surface area (Å²) in [5.74, 6) is -0.0982. The van der Waals surface area contributed by atoms with E-state index in [0.29, 0.717) is 23.8 Å². The Kier molecular flexibility index (Phi) is 3.58. The Hall–Kier alpha value is -2.27. The van der Waals surface area contributed by atoms with Crippen LogP contribution in [0.5, 0.6) is 0 Å². The van der Waals surface area contributed by atoms with Crippen LogP contribution in [-0.4, -0.2) is 27.2 Å². The summed E-state index contributed by atoms with van der Waals surface area (Å²) < 4.78 is 2.09. The van der Waals surface area contributed by atoms with Crippen LogP contribution in [-0.2, 0) is 19.4 Å². The first-order chi connectivity index (χ1) is 11.2. The third-order valence-corrected chi connectivity index (χ3v) is 4.63. The molecule has 0 saturated heterocycles. The first kappa shape index (κ1) is 14.3. The van der Waals surface area contributed by atoms with Gasteiger partial charge in [0, 0.05) is 41.1 Å². The van der Waals surface area contributed by atoms with Crippen molar-refractivity contribution in [2.24, 2.45) is 0 Å². The second-order valence-electron chi connectivity index (χ2n) is 5.85. The highest BCUT2D eigenvalue weighted by molar-refractivity contribution is 6.31. The Morgan fingerprint density at radius 1 is 1.35 bits per heavy atom. The van der Waals surface area contributed by atoms with Crippen molar-refractivity contribution in [2.75, 3.05) is 6.54 Å². The zero-order valence-corrected chi connectivity index (χ0v) is 13.4. The number of carbonyl (C=O) groups excluding carboxylic acids is 1. The first-order valence-corrected chi connectivity index (χ1v) is 8.19. The van der Waals surface area contributed by atoms with Crippen LogP contribution < -0.4 is 5.32 Å². The van der Waals surface area contributed by atoms with Crippen molar-refractivity contribution in [1.82, 2.24) is 20.1 Å². The smallest absolute Gasteiger partial charge is 0.272 e. The summed E-state index contributed by atoms with van der Waals surface area (Å²) >= 11 is 6.06. The number of rotatable bonds is 4. The largest absolute Gasteiger partial charge is 0.349 e. The van der Waals surface area contributed by atoms with Gasteiger partial charge in [-0.1, -0.05) is 17.7 Å². The lowest BCUT2D eigenvalue weighted by molar-refractivity contribution is 0.0946. The molecule has 0 saturated carbocycles. The van der Waals surface area contributed by atoms with Crippen LogP contribution in [0.15, 0.2) is 30.5 Å². The van der Waals surface area contributed by atoms with Crippen LogP contribution in [0.1, 0.15) is 28.2 Å². The first-order valence-electron chi connectivity index (χ1n) is 7.81. The molecule has 2 N–H and O–H groups in total. The molecule has 6 heteroatoms. The van der Waals surface area contributed by atoms with Gasteiger partial charge in [-0.3, -0.25) is 9.89 Å². The Morgan fingerprint density at radius 2 is 2.26 bits per heavy atom. The van der Waals surface area contributed by atoms with Crippen LogP contribution in [0, 0.1) is 0 Å². The number of halogens is 1. The lowest BCUT2D eigenvalue weighted by Gasteiger charge is -2.07. The van der Waals surface area contributed by atoms with E-state index in [2.05, 4.69) is 20.1 Å². The molecule has 0 fully saturated rings. The van der Waals surface area contributed by atoms with Crippen molar-refractivity contribution >= 4 is 28.4 Å². The normalized spacial score (nSPS) is 13.4. The fourth-order valence-corrected chi connectivity index (χ4v) is 3.40. The van der Waals surface area contributed by atoms with E-state index in [0.717, 1.165) is 41.4 Å². The quantitative estimate of drug-likeness (QED) is 0.773. The number of fused-ring (bicyclic) bond motifs is 2. The number of benzene rings is 1. The molecule has 1 amide bonds. The van der Waals surface area contributed by atoms with E-state index in [-0.39, 0.29) is 5.91 Å². The van der Waals surface area contributed by atoms with Crippen LogP contribution in [0.3, 0.4) is 0 Å². The molecule has 0 radical (unpaired) electrons. The highest BCUT2D eigenvalue weighted by Gasteiger charge is 2.22. The van der Waals surface area contributed by atoms with Gasteiger partial charge in [0.15, 0.2) is 5.69 Å². The summed E-state index contributed by atoms with van der Waals surface area (Å²) in [5, 5.41) is 11.9. The Bertz CT molecular complexity index is 880. The summed E-state index contributed by atoms with van der Waals surface area (Å²) in [6.07, 6.45) is 5.04. The molecule has 23 heavy (non-hydrogen) atoms. The van der Waals surface area contributed by atoms with Crippen molar-refractivity contribution in [3.63, 3.8) is 0 Å². The van der Waals surface area contributed by atoms with Crippen molar-refractivity contribution in [3.8, 4) is 0 Å². The SMILES string of the molecule is O=C(NCCn1ccc2ccc(Cl)cc21)c1n[nH]c2c1CCC2. The number of aromatic nitrogens is 3. The summed E-state index contributed by atoms with van der Waals surface area (Å²) in [4.78, 5) is 12.3. The number of nitrogens with zero attached hydrogens (tertiary/aromatic N) is 2. The molecule has 1 aliphatic carbocycles. The topological polar surface area (TPSA) is 62.7 Å². The molecule has 3 aromatic rings. The van der Waals surface area contributed by atoms with Gasteiger partial charge in [0.05, 0.1) is 0 Å². The average Bonchev–Trinajstić information content (AvgIpc) is 3.22. The fraction of sp³-hybridized carbons (Fsp3) is 0.294. The maximum absolute atomic E-state index is 12.3. The molecule has 2 aromatic heterocycles. The van der Waals surface area contributed by atoms with E-state index in [1.807, 2.05) is 30.5 Å². The minimum Gasteiger partial charge on any atom is -0.349 e. The Labute approximate surface area is 138 Å². The summed E-state index contributed by atoms with van der Waals surface area (Å²) in [5.41, 5.74) is 3.83. The van der Waals surface area contributed by atoms with Crippen molar-refractivity contribution in [3.05, 3.63) is 52.4 Å². The summed E-state index contributed by atoms with van der Waals surface area (Å²) in [6.45, 7) is 1.25. The van der Waals surface area contributed by atoms with Gasteiger partial charge in [-0.2, -0.15) is 5.10 Å². The lowest BCUT2D eigenvalue weighted by Crippen LogP contribution is -2.28. The minimum absolute atomic E-state index is 0.0982. The molecule has 0 bridgehead atoms. The molecule has 0 unspecified atom stereocenters. The third-order valence-electron chi connectivity index (χ3n) is 4.40. The molecule has 0 aliphatic heterocycles. The number of nitrogens with one attached hydrogen (secondary N) is 2. The fourth-order valence-electron chi connectivity index (χ4n) is 3.23. The number of carbonyl (C=O) groups is 1. The second kappa shape index (κ2) is 5.74. The van der Waals surface area contributed by atoms with Gasteiger partial charge in [-0.05, 0) is 42.8 Å². The lowest BCUT2D eigenvalue weighted by atomic mass is 10.2. The second-order valence-corrected chi connectivity index (χ2v) is 6.29. The van der Waals surface area contributed by atoms with Gasteiger partial charge in [-0.15, -0.1) is 0 Å². The van der Waals surface area contributed by atoms with Crippen LogP contribution >= 0.6 is 11.6 Å². The van der Waals surface area contributed by atoms with Crippen LogP contribution in [0.2, 0.25) is 5.02 Å². The summed E-state index contributed by atoms with van der Waals surface area (Å²) in [7, 11) is 0. The number of aromatic amines is 1. The zero-order chi connectivity index (χ0) is 15.8. The molecule has 5 nitrogen and oxygen atoms in total. The minimum atomic E-state index is -0.0982. The molecule has 118 valence electrons. The number of aryl methyl sites for hydroxylation is 1. The number of hydrogen-bond donors (Lipinski definition) is 2. The van der Waals surface area contributed by atoms with Gasteiger partial charge in [-0.25, -0.2) is 0 Å². The molecule has 1 aliphatic rings. The predicted molar refractivity (Wildman–Crippen MR) is 89.9 cm³/mol. The van der Waals surface area contributed by atoms with Gasteiger partial charge in [0.2, 0.25) is 0 Å². The molecule has 2 heterocycles. The van der Waals surface area contributed by atoms with Gasteiger partial charge in [0.1, 0.15) is 0 Å². The van der Waals surface area contributed by atoms with E-state index >= 15 is 0 Å². The van der Waals surface area contributed by atoms with E-state index in [1.54, 1.807) is 0 Å². The molecule has 0 atom stereocenters. The van der Waals surface area contributed by atoms with Crippen molar-refractivity contribution in [2.45, 2.75) is 25.8 Å². The van der Waals surface area contributed by atoms with E-state index in [9.17, 15) is 4.79 Å². The molecular weight excluding hydrogens is 312 g/mol. The van der Waals surface area contributed by atoms with Crippen LogP contribution in [0.4, 0.5) is 0 Å². The van der Waals surface area contributed by atoms with Crippen molar-refractivity contribution in [1.29, 1.82) is 0 Å². The third kappa shape index (κ3) is 2.61. The van der Waals surface area contributed by atoms with E-state index in [1.165, 1.54) is 0 Å². The number of hydrogen-bond acceptors (Lipinski definition) is 2. The molecule has 0 spiro atoms. The standard InChI is InChI=1S/C17H17ClN4O/c18-12-5-4-11-6-8-22(15(11)10-12)9-7-19-17(23)16-13-2-1-3-14(13)20-21-16/h4-6,8,10H,1-3,7,9H2,(H,19,23)(H,20,21). The van der Waals surface area contributed by atoms with E-state index in [4.69, 9.17) is 11.6 Å². The molecule has 1 aromatic carbocycles. The molecule has 4 rings (SSSR count). The summed E-state index contributed by atoms with van der Waals surface area (Å²) in [6, 6.07) is 7.88. The van der Waals surface area contributed by atoms with E-state index < -0.39 is 0 Å². The molecular formula is C17H17ClN4O. The Morgan fingerprint density at radius 3 is 3.17 bits per heavy atom. The maximum atomic E-state index is 12.3. The number of H-pyrrole nitrogens is 1. The van der Waals surface area contributed by atoms with Gasteiger partial charge in [0.25, 0.3) is 5.91 Å².